The Hall–Kier alpha value is -2.40. The molecule has 1 unspecified atom stereocenters. The lowest BCUT2D eigenvalue weighted by Crippen LogP contribution is -2.20. The van der Waals surface area contributed by atoms with Crippen LogP contribution < -0.4 is 10.6 Å². The summed E-state index contributed by atoms with van der Waals surface area (Å²) in [6.07, 6.45) is -6.99. The highest BCUT2D eigenvalue weighted by atomic mass is 79.9. The zero-order valence-electron chi connectivity index (χ0n) is 13.4. The van der Waals surface area contributed by atoms with Gasteiger partial charge in [0.25, 0.3) is 6.43 Å². The zero-order chi connectivity index (χ0) is 19.9. The van der Waals surface area contributed by atoms with Gasteiger partial charge in [-0.15, -0.1) is 0 Å². The van der Waals surface area contributed by atoms with Crippen molar-refractivity contribution in [2.75, 3.05) is 10.6 Å². The van der Waals surface area contributed by atoms with Gasteiger partial charge in [-0.2, -0.15) is 18.3 Å². The van der Waals surface area contributed by atoms with Crippen LogP contribution in [0.1, 0.15) is 17.4 Å². The third-order valence-electron chi connectivity index (χ3n) is 3.74. The summed E-state index contributed by atoms with van der Waals surface area (Å²) in [6, 6.07) is 3.37. The fourth-order valence-corrected chi connectivity index (χ4v) is 2.93. The van der Waals surface area contributed by atoms with Crippen molar-refractivity contribution in [3.8, 4) is 0 Å². The first-order valence-electron chi connectivity index (χ1n) is 7.43. The third-order valence-corrected chi connectivity index (χ3v) is 4.23. The van der Waals surface area contributed by atoms with E-state index in [2.05, 4.69) is 38.2 Å². The number of alkyl halides is 5. The normalized spacial score (nSPS) is 15.3. The molecule has 0 spiro atoms. The molecular weight excluding hydrogens is 439 g/mol. The zero-order valence-corrected chi connectivity index (χ0v) is 14.9. The topological polar surface area (TPSA) is 62.1 Å². The molecule has 1 aromatic carbocycles. The Kier molecular flexibility index (Phi) is 5.00. The summed E-state index contributed by atoms with van der Waals surface area (Å²) in [6.45, 7) is 3.55. The van der Waals surface area contributed by atoms with E-state index in [9.17, 15) is 27.1 Å². The van der Waals surface area contributed by atoms with Crippen LogP contribution in [0.2, 0.25) is 0 Å². The minimum Gasteiger partial charge on any atom is -0.369 e. The number of anilines is 2. The molecule has 2 heterocycles. The number of halogens is 6. The molecule has 0 bridgehead atoms. The van der Waals surface area contributed by atoms with Crippen LogP contribution in [0.25, 0.3) is 5.70 Å². The lowest BCUT2D eigenvalue weighted by atomic mass is 10.1. The second-order valence-electron chi connectivity index (χ2n) is 5.61. The lowest BCUT2D eigenvalue weighted by Gasteiger charge is -2.22. The number of fused-ring (bicyclic) bond motifs is 1. The number of hydrogen-bond acceptors (Lipinski definition) is 4. The molecule has 1 aliphatic heterocycles. The van der Waals surface area contributed by atoms with Crippen molar-refractivity contribution in [1.29, 1.82) is 0 Å². The van der Waals surface area contributed by atoms with E-state index >= 15 is 0 Å². The van der Waals surface area contributed by atoms with E-state index in [0.717, 1.165) is 29.1 Å². The number of nitrogens with zero attached hydrogens (tertiary/aromatic N) is 2. The standard InChI is InChI=1S/C16H12BrF5N4O/c1-7-4-12(13(18)19)26-14(24-7)9(6-23-26)15(27)25-11-3-2-8(17)5-10(11)16(20,21)22/h2-6,13,15,24-25,27H,1H2. The van der Waals surface area contributed by atoms with Crippen LogP contribution in [0, 0.1) is 0 Å². The summed E-state index contributed by atoms with van der Waals surface area (Å²) in [7, 11) is 0. The van der Waals surface area contributed by atoms with Gasteiger partial charge in [0, 0.05) is 15.9 Å². The molecule has 11 heteroatoms. The van der Waals surface area contributed by atoms with Crippen LogP contribution in [0.3, 0.4) is 0 Å². The minimum atomic E-state index is -4.66. The highest BCUT2D eigenvalue weighted by molar-refractivity contribution is 9.10. The molecule has 1 aromatic heterocycles. The number of aromatic nitrogens is 2. The van der Waals surface area contributed by atoms with Gasteiger partial charge in [0.2, 0.25) is 0 Å². The maximum atomic E-state index is 13.2. The van der Waals surface area contributed by atoms with Gasteiger partial charge in [-0.3, -0.25) is 0 Å². The molecular formula is C16H12BrF5N4O. The fourth-order valence-electron chi connectivity index (χ4n) is 2.57. The molecule has 1 atom stereocenters. The van der Waals surface area contributed by atoms with Crippen molar-refractivity contribution >= 4 is 33.1 Å². The quantitative estimate of drug-likeness (QED) is 0.461. The van der Waals surface area contributed by atoms with Gasteiger partial charge in [0.05, 0.1) is 17.3 Å². The van der Waals surface area contributed by atoms with Crippen molar-refractivity contribution in [1.82, 2.24) is 9.78 Å². The van der Waals surface area contributed by atoms with E-state index in [0.29, 0.717) is 0 Å². The van der Waals surface area contributed by atoms with Crippen molar-refractivity contribution in [3.63, 3.8) is 0 Å². The highest BCUT2D eigenvalue weighted by Gasteiger charge is 2.35. The van der Waals surface area contributed by atoms with Gasteiger partial charge in [-0.1, -0.05) is 22.5 Å². The molecule has 0 amide bonds. The van der Waals surface area contributed by atoms with Crippen molar-refractivity contribution < 1.29 is 27.1 Å². The first-order valence-corrected chi connectivity index (χ1v) is 8.22. The van der Waals surface area contributed by atoms with Crippen molar-refractivity contribution in [2.24, 2.45) is 0 Å². The molecule has 1 aliphatic rings. The summed E-state index contributed by atoms with van der Waals surface area (Å²) in [5.74, 6) is -0.0107. The summed E-state index contributed by atoms with van der Waals surface area (Å²) in [5, 5.41) is 19.2. The average molecular weight is 451 g/mol. The van der Waals surface area contributed by atoms with Crippen LogP contribution >= 0.6 is 15.9 Å². The highest BCUT2D eigenvalue weighted by Crippen LogP contribution is 2.39. The largest absolute Gasteiger partial charge is 0.418 e. The number of aliphatic hydroxyl groups is 1. The summed E-state index contributed by atoms with van der Waals surface area (Å²) in [4.78, 5) is 0. The second kappa shape index (κ2) is 6.97. The van der Waals surface area contributed by atoms with Crippen molar-refractivity contribution in [3.05, 3.63) is 58.3 Å². The van der Waals surface area contributed by atoms with E-state index in [-0.39, 0.29) is 27.2 Å². The van der Waals surface area contributed by atoms with Gasteiger partial charge in [-0.25, -0.2) is 13.5 Å². The number of nitrogens with one attached hydrogen (secondary N) is 2. The molecule has 0 radical (unpaired) electrons. The third kappa shape index (κ3) is 3.83. The number of benzene rings is 1. The summed E-state index contributed by atoms with van der Waals surface area (Å²) >= 11 is 2.97. The summed E-state index contributed by atoms with van der Waals surface area (Å²) < 4.78 is 67.0. The maximum absolute atomic E-state index is 13.2. The molecule has 5 nitrogen and oxygen atoms in total. The minimum absolute atomic E-state index is 0.0107. The van der Waals surface area contributed by atoms with E-state index in [1.54, 1.807) is 0 Å². The average Bonchev–Trinajstić information content (AvgIpc) is 2.98. The first-order chi connectivity index (χ1) is 12.6. The Labute approximate surface area is 158 Å². The Bertz CT molecular complexity index is 922. The molecule has 0 saturated carbocycles. The van der Waals surface area contributed by atoms with E-state index < -0.39 is 30.1 Å². The Balaban J connectivity index is 1.95. The smallest absolute Gasteiger partial charge is 0.369 e. The molecule has 2 aromatic rings. The fraction of sp³-hybridized carbons (Fsp3) is 0.188. The maximum Gasteiger partial charge on any atom is 0.418 e. The molecule has 144 valence electrons. The molecule has 3 rings (SSSR count). The molecule has 3 N–H and O–H groups in total. The van der Waals surface area contributed by atoms with Gasteiger partial charge in [-0.05, 0) is 24.3 Å². The van der Waals surface area contributed by atoms with Crippen LogP contribution in [0.15, 0.2) is 47.2 Å². The van der Waals surface area contributed by atoms with Gasteiger partial charge >= 0.3 is 6.18 Å². The van der Waals surface area contributed by atoms with Crippen LogP contribution in [0.4, 0.5) is 33.5 Å². The number of aliphatic hydroxyl groups excluding tert-OH is 1. The predicted octanol–water partition coefficient (Wildman–Crippen LogP) is 4.81. The SMILES string of the molecule is C=C1C=C(C(F)F)n2ncc(C(O)Nc3ccc(Br)cc3C(F)(F)F)c2N1. The number of rotatable bonds is 4. The van der Waals surface area contributed by atoms with Crippen LogP contribution in [0.5, 0.6) is 0 Å². The van der Waals surface area contributed by atoms with Gasteiger partial charge in [0.1, 0.15) is 11.5 Å². The molecule has 0 saturated heterocycles. The van der Waals surface area contributed by atoms with Gasteiger partial charge in [0.15, 0.2) is 6.23 Å². The van der Waals surface area contributed by atoms with E-state index in [4.69, 9.17) is 0 Å². The van der Waals surface area contributed by atoms with Crippen LogP contribution in [-0.4, -0.2) is 21.3 Å². The second-order valence-corrected chi connectivity index (χ2v) is 6.53. The monoisotopic (exact) mass is 450 g/mol. The summed E-state index contributed by atoms with van der Waals surface area (Å²) in [5.41, 5.74) is -1.73. The van der Waals surface area contributed by atoms with Crippen LogP contribution in [-0.2, 0) is 6.18 Å². The van der Waals surface area contributed by atoms with Crippen molar-refractivity contribution in [2.45, 2.75) is 18.8 Å². The lowest BCUT2D eigenvalue weighted by molar-refractivity contribution is -0.137. The van der Waals surface area contributed by atoms with E-state index in [1.165, 1.54) is 6.07 Å². The van der Waals surface area contributed by atoms with E-state index in [1.807, 2.05) is 0 Å². The molecule has 27 heavy (non-hydrogen) atoms. The van der Waals surface area contributed by atoms with Gasteiger partial charge < -0.3 is 15.7 Å². The Morgan fingerprint density at radius 1 is 1.30 bits per heavy atom. The molecule has 0 aliphatic carbocycles. The first kappa shape index (κ1) is 19.4. The Morgan fingerprint density at radius 2 is 2.00 bits per heavy atom. The Morgan fingerprint density at radius 3 is 2.63 bits per heavy atom. The number of allylic oxidation sites excluding steroid dienone is 2. The predicted molar refractivity (Wildman–Crippen MR) is 93.0 cm³/mol. The number of hydrogen-bond donors (Lipinski definition) is 3. The molecule has 0 fully saturated rings.